The van der Waals surface area contributed by atoms with E-state index in [1.54, 1.807) is 17.4 Å². The maximum absolute atomic E-state index is 11.8. The molecule has 1 aliphatic heterocycles. The first-order valence-corrected chi connectivity index (χ1v) is 9.76. The van der Waals surface area contributed by atoms with Gasteiger partial charge in [-0.25, -0.2) is 9.79 Å². The van der Waals surface area contributed by atoms with Crippen molar-refractivity contribution in [1.82, 2.24) is 15.5 Å². The van der Waals surface area contributed by atoms with Crippen LogP contribution in [-0.4, -0.2) is 49.2 Å². The Kier molecular flexibility index (Phi) is 9.89. The average molecular weight is 516 g/mol. The molecular formula is C20H29IN4O4. The lowest BCUT2D eigenvalue weighted by Crippen LogP contribution is -2.50. The molecule has 0 unspecified atom stereocenters. The number of guanidine groups is 1. The molecule has 160 valence electrons. The molecule has 29 heavy (non-hydrogen) atoms. The van der Waals surface area contributed by atoms with Gasteiger partial charge in [-0.05, 0) is 44.0 Å². The summed E-state index contributed by atoms with van der Waals surface area (Å²) in [4.78, 5) is 18.2. The number of carbonyl (C=O) groups excluding carboxylic acids is 1. The number of likely N-dealkylation sites (tertiary alicyclic amines) is 1. The van der Waals surface area contributed by atoms with E-state index in [2.05, 4.69) is 15.6 Å². The van der Waals surface area contributed by atoms with Crippen LogP contribution in [0.15, 0.2) is 50.6 Å². The van der Waals surface area contributed by atoms with Crippen LogP contribution in [0.1, 0.15) is 31.3 Å². The molecule has 2 aromatic heterocycles. The van der Waals surface area contributed by atoms with E-state index in [4.69, 9.17) is 13.6 Å². The summed E-state index contributed by atoms with van der Waals surface area (Å²) < 4.78 is 15.8. The highest BCUT2D eigenvalue weighted by Crippen LogP contribution is 2.12. The second-order valence-electron chi connectivity index (χ2n) is 6.60. The Morgan fingerprint density at radius 2 is 1.90 bits per heavy atom. The van der Waals surface area contributed by atoms with Gasteiger partial charge in [-0.2, -0.15) is 0 Å². The van der Waals surface area contributed by atoms with Crippen LogP contribution < -0.4 is 10.6 Å². The number of carbonyl (C=O) groups is 1. The van der Waals surface area contributed by atoms with E-state index in [1.165, 1.54) is 0 Å². The smallest absolute Gasteiger partial charge is 0.409 e. The Morgan fingerprint density at radius 1 is 1.21 bits per heavy atom. The predicted octanol–water partition coefficient (Wildman–Crippen LogP) is 3.39. The third-order valence-electron chi connectivity index (χ3n) is 4.58. The highest BCUT2D eigenvalue weighted by molar-refractivity contribution is 14.0. The molecule has 0 radical (unpaired) electrons. The Hall–Kier alpha value is -2.17. The van der Waals surface area contributed by atoms with E-state index in [1.807, 2.05) is 31.2 Å². The van der Waals surface area contributed by atoms with Crippen molar-refractivity contribution in [3.63, 3.8) is 0 Å². The zero-order valence-corrected chi connectivity index (χ0v) is 19.0. The molecule has 1 aliphatic rings. The number of piperidine rings is 1. The molecule has 3 rings (SSSR count). The molecular weight excluding hydrogens is 487 g/mol. The monoisotopic (exact) mass is 516 g/mol. The van der Waals surface area contributed by atoms with Gasteiger partial charge in [-0.15, -0.1) is 24.0 Å². The Bertz CT molecular complexity index is 726. The molecule has 1 saturated heterocycles. The third kappa shape index (κ3) is 7.64. The summed E-state index contributed by atoms with van der Waals surface area (Å²) in [6, 6.07) is 7.85. The van der Waals surface area contributed by atoms with Gasteiger partial charge in [0.1, 0.15) is 18.1 Å². The van der Waals surface area contributed by atoms with E-state index >= 15 is 0 Å². The zero-order chi connectivity index (χ0) is 19.6. The van der Waals surface area contributed by atoms with Gasteiger partial charge in [0, 0.05) is 32.1 Å². The lowest BCUT2D eigenvalue weighted by molar-refractivity contribution is 0.0963. The van der Waals surface area contributed by atoms with Crippen molar-refractivity contribution in [3.05, 3.63) is 48.3 Å². The Morgan fingerprint density at radius 3 is 2.52 bits per heavy atom. The van der Waals surface area contributed by atoms with Gasteiger partial charge in [0.15, 0.2) is 5.96 Å². The minimum Gasteiger partial charge on any atom is -0.469 e. The number of halogens is 1. The van der Waals surface area contributed by atoms with Gasteiger partial charge in [0.25, 0.3) is 0 Å². The van der Waals surface area contributed by atoms with Crippen molar-refractivity contribution in [1.29, 1.82) is 0 Å². The maximum Gasteiger partial charge on any atom is 0.409 e. The fourth-order valence-corrected chi connectivity index (χ4v) is 3.09. The largest absolute Gasteiger partial charge is 0.469 e. The quantitative estimate of drug-likeness (QED) is 0.333. The number of rotatable bonds is 7. The summed E-state index contributed by atoms with van der Waals surface area (Å²) in [7, 11) is 0. The molecule has 0 saturated carbocycles. The first-order chi connectivity index (χ1) is 13.7. The summed E-state index contributed by atoms with van der Waals surface area (Å²) in [5.41, 5.74) is 0. The minimum atomic E-state index is -0.232. The summed E-state index contributed by atoms with van der Waals surface area (Å²) in [5, 5.41) is 6.83. The number of hydrogen-bond donors (Lipinski definition) is 2. The van der Waals surface area contributed by atoms with Crippen LogP contribution in [0.4, 0.5) is 4.79 Å². The predicted molar refractivity (Wildman–Crippen MR) is 120 cm³/mol. The normalized spacial score (nSPS) is 14.9. The van der Waals surface area contributed by atoms with Gasteiger partial charge in [0.05, 0.1) is 19.1 Å². The van der Waals surface area contributed by atoms with E-state index in [9.17, 15) is 4.79 Å². The first-order valence-electron chi connectivity index (χ1n) is 9.76. The summed E-state index contributed by atoms with van der Waals surface area (Å²) in [6.45, 7) is 4.75. The first kappa shape index (κ1) is 23.1. The molecule has 0 aromatic carbocycles. The van der Waals surface area contributed by atoms with Gasteiger partial charge in [-0.3, -0.25) is 0 Å². The van der Waals surface area contributed by atoms with Crippen molar-refractivity contribution in [3.8, 4) is 0 Å². The standard InChI is InChI=1S/C20H28N4O4.HI/c1-2-26-20(25)24-11-8-16(9-12-24)23-19(22-15-18-6-4-14-28-18)21-10-7-17-5-3-13-27-17;/h3-6,13-14,16H,2,7-12,15H2,1H3,(H2,21,22,23);1H. The van der Waals surface area contributed by atoms with Crippen molar-refractivity contribution in [2.24, 2.45) is 4.99 Å². The second kappa shape index (κ2) is 12.4. The van der Waals surface area contributed by atoms with Crippen molar-refractivity contribution in [2.75, 3.05) is 26.2 Å². The molecule has 8 nitrogen and oxygen atoms in total. The summed E-state index contributed by atoms with van der Waals surface area (Å²) >= 11 is 0. The van der Waals surface area contributed by atoms with Crippen molar-refractivity contribution >= 4 is 36.0 Å². The van der Waals surface area contributed by atoms with Crippen LogP contribution in [0.2, 0.25) is 0 Å². The van der Waals surface area contributed by atoms with Crippen molar-refractivity contribution < 1.29 is 18.4 Å². The van der Waals surface area contributed by atoms with Crippen LogP contribution in [0, 0.1) is 0 Å². The zero-order valence-electron chi connectivity index (χ0n) is 16.6. The Labute approximate surface area is 188 Å². The molecule has 0 bridgehead atoms. The van der Waals surface area contributed by atoms with Crippen LogP contribution in [0.3, 0.4) is 0 Å². The van der Waals surface area contributed by atoms with E-state index in [-0.39, 0.29) is 36.1 Å². The highest BCUT2D eigenvalue weighted by atomic mass is 127. The second-order valence-corrected chi connectivity index (χ2v) is 6.60. The molecule has 1 fully saturated rings. The molecule has 0 spiro atoms. The topological polar surface area (TPSA) is 92.2 Å². The number of aliphatic imine (C=N–C) groups is 1. The number of ether oxygens (including phenoxy) is 1. The molecule has 2 aromatic rings. The van der Waals surface area contributed by atoms with Gasteiger partial charge in [-0.1, -0.05) is 0 Å². The third-order valence-corrected chi connectivity index (χ3v) is 4.58. The van der Waals surface area contributed by atoms with Gasteiger partial charge >= 0.3 is 6.09 Å². The number of furan rings is 2. The lowest BCUT2D eigenvalue weighted by Gasteiger charge is -2.32. The SMILES string of the molecule is CCOC(=O)N1CCC(NC(=NCc2ccco2)NCCc2ccco2)CC1.I. The number of nitrogens with zero attached hydrogens (tertiary/aromatic N) is 2. The fourth-order valence-electron chi connectivity index (χ4n) is 3.09. The number of nitrogens with one attached hydrogen (secondary N) is 2. The van der Waals surface area contributed by atoms with Crippen LogP contribution >= 0.6 is 24.0 Å². The average Bonchev–Trinajstić information content (AvgIpc) is 3.41. The molecule has 1 amide bonds. The molecule has 3 heterocycles. The number of amides is 1. The van der Waals surface area contributed by atoms with E-state index < -0.39 is 0 Å². The Balaban J connectivity index is 0.00000300. The van der Waals surface area contributed by atoms with Crippen molar-refractivity contribution in [2.45, 2.75) is 38.8 Å². The molecule has 9 heteroatoms. The molecule has 0 aliphatic carbocycles. The van der Waals surface area contributed by atoms with Crippen LogP contribution in [-0.2, 0) is 17.7 Å². The minimum absolute atomic E-state index is 0. The lowest BCUT2D eigenvalue weighted by atomic mass is 10.1. The van der Waals surface area contributed by atoms with Gasteiger partial charge in [0.2, 0.25) is 0 Å². The maximum atomic E-state index is 11.8. The molecule has 2 N–H and O–H groups in total. The summed E-state index contributed by atoms with van der Waals surface area (Å²) in [6.07, 6.45) is 5.56. The molecule has 0 atom stereocenters. The van der Waals surface area contributed by atoms with E-state index in [0.717, 1.165) is 36.7 Å². The summed E-state index contributed by atoms with van der Waals surface area (Å²) in [5.74, 6) is 2.47. The van der Waals surface area contributed by atoms with Gasteiger partial charge < -0.3 is 29.1 Å². The van der Waals surface area contributed by atoms with Crippen LogP contribution in [0.5, 0.6) is 0 Å². The van der Waals surface area contributed by atoms with E-state index in [0.29, 0.717) is 32.8 Å². The number of hydrogen-bond acceptors (Lipinski definition) is 5. The van der Waals surface area contributed by atoms with Crippen LogP contribution in [0.25, 0.3) is 0 Å². The highest BCUT2D eigenvalue weighted by Gasteiger charge is 2.24. The fraction of sp³-hybridized carbons (Fsp3) is 0.500.